The predicted molar refractivity (Wildman–Crippen MR) is 72.7 cm³/mol. The SMILES string of the molecule is CCn1cc(OCC2Cc3cc(C)ccc3O2)cn1. The van der Waals surface area contributed by atoms with Crippen LogP contribution >= 0.6 is 0 Å². The van der Waals surface area contributed by atoms with E-state index in [-0.39, 0.29) is 6.10 Å². The molecule has 0 aliphatic carbocycles. The molecule has 2 heterocycles. The zero-order chi connectivity index (χ0) is 13.2. The van der Waals surface area contributed by atoms with Crippen LogP contribution in [-0.2, 0) is 13.0 Å². The Labute approximate surface area is 113 Å². The van der Waals surface area contributed by atoms with Gasteiger partial charge >= 0.3 is 0 Å². The molecule has 1 atom stereocenters. The van der Waals surface area contributed by atoms with E-state index in [2.05, 4.69) is 31.1 Å². The number of fused-ring (bicyclic) bond motifs is 1. The first-order valence-electron chi connectivity index (χ1n) is 6.66. The molecule has 4 nitrogen and oxygen atoms in total. The zero-order valence-corrected chi connectivity index (χ0v) is 11.3. The van der Waals surface area contributed by atoms with Gasteiger partial charge in [-0.2, -0.15) is 5.10 Å². The maximum Gasteiger partial charge on any atom is 0.157 e. The molecule has 0 radical (unpaired) electrons. The monoisotopic (exact) mass is 258 g/mol. The highest BCUT2D eigenvalue weighted by Crippen LogP contribution is 2.29. The highest BCUT2D eigenvalue weighted by Gasteiger charge is 2.23. The lowest BCUT2D eigenvalue weighted by atomic mass is 10.1. The molecule has 3 rings (SSSR count). The Hall–Kier alpha value is -1.97. The fourth-order valence-corrected chi connectivity index (χ4v) is 2.32. The first kappa shape index (κ1) is 12.1. The molecule has 1 aromatic carbocycles. The number of hydrogen-bond donors (Lipinski definition) is 0. The molecule has 4 heteroatoms. The smallest absolute Gasteiger partial charge is 0.157 e. The first-order valence-corrected chi connectivity index (χ1v) is 6.66. The van der Waals surface area contributed by atoms with Crippen molar-refractivity contribution >= 4 is 0 Å². The van der Waals surface area contributed by atoms with E-state index in [1.165, 1.54) is 11.1 Å². The molecule has 2 aromatic rings. The number of hydrogen-bond acceptors (Lipinski definition) is 3. The Kier molecular flexibility index (Phi) is 3.15. The minimum Gasteiger partial charge on any atom is -0.486 e. The summed E-state index contributed by atoms with van der Waals surface area (Å²) in [4.78, 5) is 0. The number of ether oxygens (including phenoxy) is 2. The lowest BCUT2D eigenvalue weighted by molar-refractivity contribution is 0.148. The third-order valence-electron chi connectivity index (χ3n) is 3.33. The van der Waals surface area contributed by atoms with Crippen molar-refractivity contribution in [1.29, 1.82) is 0 Å². The van der Waals surface area contributed by atoms with Crippen molar-refractivity contribution in [2.75, 3.05) is 6.61 Å². The van der Waals surface area contributed by atoms with Gasteiger partial charge in [-0.15, -0.1) is 0 Å². The highest BCUT2D eigenvalue weighted by atomic mass is 16.5. The molecule has 0 saturated carbocycles. The molecule has 1 unspecified atom stereocenters. The van der Waals surface area contributed by atoms with Crippen LogP contribution in [0.4, 0.5) is 0 Å². The summed E-state index contributed by atoms with van der Waals surface area (Å²) in [6, 6.07) is 6.30. The van der Waals surface area contributed by atoms with Crippen LogP contribution < -0.4 is 9.47 Å². The fraction of sp³-hybridized carbons (Fsp3) is 0.400. The van der Waals surface area contributed by atoms with Gasteiger partial charge in [-0.25, -0.2) is 0 Å². The standard InChI is InChI=1S/C15H18N2O2/c1-3-17-9-14(8-16-17)18-10-13-7-12-6-11(2)4-5-15(12)19-13/h4-6,8-9,13H,3,7,10H2,1-2H3. The maximum atomic E-state index is 5.86. The van der Waals surface area contributed by atoms with Crippen LogP contribution in [0.25, 0.3) is 0 Å². The van der Waals surface area contributed by atoms with Crippen molar-refractivity contribution in [2.45, 2.75) is 32.9 Å². The van der Waals surface area contributed by atoms with Gasteiger partial charge in [0.25, 0.3) is 0 Å². The van der Waals surface area contributed by atoms with Crippen LogP contribution in [-0.4, -0.2) is 22.5 Å². The van der Waals surface area contributed by atoms with Gasteiger partial charge in [0.1, 0.15) is 18.5 Å². The Bertz CT molecular complexity index is 577. The van der Waals surface area contributed by atoms with Crippen LogP contribution in [0, 0.1) is 6.92 Å². The lowest BCUT2D eigenvalue weighted by Gasteiger charge is -2.10. The second-order valence-corrected chi connectivity index (χ2v) is 4.90. The summed E-state index contributed by atoms with van der Waals surface area (Å²) < 4.78 is 13.4. The summed E-state index contributed by atoms with van der Waals surface area (Å²) in [5.74, 6) is 1.79. The van der Waals surface area contributed by atoms with E-state index in [9.17, 15) is 0 Å². The lowest BCUT2D eigenvalue weighted by Crippen LogP contribution is -2.22. The largest absolute Gasteiger partial charge is 0.486 e. The van der Waals surface area contributed by atoms with Gasteiger partial charge in [0, 0.05) is 13.0 Å². The van der Waals surface area contributed by atoms with Crippen molar-refractivity contribution in [1.82, 2.24) is 9.78 Å². The second kappa shape index (κ2) is 4.96. The van der Waals surface area contributed by atoms with Gasteiger partial charge in [0.05, 0.1) is 12.4 Å². The number of aryl methyl sites for hydroxylation is 2. The Balaban J connectivity index is 1.58. The minimum atomic E-state index is 0.0989. The van der Waals surface area contributed by atoms with Crippen molar-refractivity contribution in [3.8, 4) is 11.5 Å². The van der Waals surface area contributed by atoms with E-state index in [0.717, 1.165) is 24.5 Å². The molecule has 100 valence electrons. The van der Waals surface area contributed by atoms with Crippen molar-refractivity contribution in [3.63, 3.8) is 0 Å². The highest BCUT2D eigenvalue weighted by molar-refractivity contribution is 5.40. The normalized spacial score (nSPS) is 17.1. The third-order valence-corrected chi connectivity index (χ3v) is 3.33. The fourth-order valence-electron chi connectivity index (χ4n) is 2.32. The van der Waals surface area contributed by atoms with Crippen LogP contribution in [0.2, 0.25) is 0 Å². The summed E-state index contributed by atoms with van der Waals surface area (Å²) in [6.45, 7) is 5.57. The zero-order valence-electron chi connectivity index (χ0n) is 11.3. The molecule has 19 heavy (non-hydrogen) atoms. The Morgan fingerprint density at radius 1 is 1.47 bits per heavy atom. The molecule has 1 aliphatic rings. The third kappa shape index (κ3) is 2.57. The van der Waals surface area contributed by atoms with Crippen LogP contribution in [0.5, 0.6) is 11.5 Å². The molecule has 0 N–H and O–H groups in total. The van der Waals surface area contributed by atoms with Gasteiger partial charge in [0.2, 0.25) is 0 Å². The van der Waals surface area contributed by atoms with E-state index < -0.39 is 0 Å². The van der Waals surface area contributed by atoms with E-state index in [1.54, 1.807) is 6.20 Å². The molecule has 1 aliphatic heterocycles. The summed E-state index contributed by atoms with van der Waals surface area (Å²) in [6.07, 6.45) is 4.67. The quantitative estimate of drug-likeness (QED) is 0.845. The molecule has 0 amide bonds. The van der Waals surface area contributed by atoms with Crippen LogP contribution in [0.3, 0.4) is 0 Å². The number of benzene rings is 1. The first-order chi connectivity index (χ1) is 9.24. The summed E-state index contributed by atoms with van der Waals surface area (Å²) >= 11 is 0. The van der Waals surface area contributed by atoms with Gasteiger partial charge in [-0.3, -0.25) is 4.68 Å². The molecule has 0 spiro atoms. The molecular weight excluding hydrogens is 240 g/mol. The average Bonchev–Trinajstić information content (AvgIpc) is 3.01. The van der Waals surface area contributed by atoms with Crippen molar-refractivity contribution < 1.29 is 9.47 Å². The molecule has 0 bridgehead atoms. The molecule has 0 fully saturated rings. The van der Waals surface area contributed by atoms with Gasteiger partial charge < -0.3 is 9.47 Å². The number of nitrogens with zero attached hydrogens (tertiary/aromatic N) is 2. The van der Waals surface area contributed by atoms with Gasteiger partial charge in [-0.05, 0) is 25.5 Å². The van der Waals surface area contributed by atoms with Crippen molar-refractivity contribution in [2.24, 2.45) is 0 Å². The van der Waals surface area contributed by atoms with E-state index >= 15 is 0 Å². The summed E-state index contributed by atoms with van der Waals surface area (Å²) in [5, 5.41) is 4.18. The summed E-state index contributed by atoms with van der Waals surface area (Å²) in [7, 11) is 0. The number of rotatable bonds is 4. The van der Waals surface area contributed by atoms with Gasteiger partial charge in [0.15, 0.2) is 5.75 Å². The minimum absolute atomic E-state index is 0.0989. The Morgan fingerprint density at radius 3 is 3.16 bits per heavy atom. The number of aromatic nitrogens is 2. The van der Waals surface area contributed by atoms with Crippen LogP contribution in [0.15, 0.2) is 30.6 Å². The average molecular weight is 258 g/mol. The predicted octanol–water partition coefficient (Wildman–Crippen LogP) is 2.59. The van der Waals surface area contributed by atoms with E-state index in [4.69, 9.17) is 9.47 Å². The van der Waals surface area contributed by atoms with E-state index in [0.29, 0.717) is 6.61 Å². The summed E-state index contributed by atoms with van der Waals surface area (Å²) in [5.41, 5.74) is 2.55. The molecule has 1 aromatic heterocycles. The maximum absolute atomic E-state index is 5.86. The molecule has 0 saturated heterocycles. The van der Waals surface area contributed by atoms with E-state index in [1.807, 2.05) is 16.9 Å². The van der Waals surface area contributed by atoms with Crippen molar-refractivity contribution in [3.05, 3.63) is 41.7 Å². The Morgan fingerprint density at radius 2 is 2.37 bits per heavy atom. The second-order valence-electron chi connectivity index (χ2n) is 4.90. The van der Waals surface area contributed by atoms with Gasteiger partial charge in [-0.1, -0.05) is 17.7 Å². The molecular formula is C15H18N2O2. The van der Waals surface area contributed by atoms with Crippen LogP contribution in [0.1, 0.15) is 18.1 Å². The topological polar surface area (TPSA) is 36.3 Å².